The maximum Gasteiger partial charge on any atom is 0.345 e. The van der Waals surface area contributed by atoms with Gasteiger partial charge in [0.1, 0.15) is 6.04 Å². The lowest BCUT2D eigenvalue weighted by molar-refractivity contribution is -0.172. The second kappa shape index (κ2) is 9.34. The third kappa shape index (κ3) is 4.88. The SMILES string of the molecule is CCOC(=O)CON1C(=O)N2C[C@H]1CC[C@@H]2C(=O)NOC[C@H]1CCCCN1. The van der Waals surface area contributed by atoms with Gasteiger partial charge in [-0.2, -0.15) is 5.06 Å². The molecule has 3 aliphatic heterocycles. The third-order valence-electron chi connectivity index (χ3n) is 5.12. The van der Waals surface area contributed by atoms with E-state index in [0.29, 0.717) is 26.0 Å². The van der Waals surface area contributed by atoms with Crippen LogP contribution in [0.15, 0.2) is 0 Å². The highest BCUT2D eigenvalue weighted by molar-refractivity contribution is 5.88. The van der Waals surface area contributed by atoms with Crippen molar-refractivity contribution in [3.63, 3.8) is 0 Å². The number of carbonyl (C=O) groups is 3. The summed E-state index contributed by atoms with van der Waals surface area (Å²) in [4.78, 5) is 48.6. The largest absolute Gasteiger partial charge is 0.464 e. The number of esters is 1. The van der Waals surface area contributed by atoms with Gasteiger partial charge in [-0.25, -0.2) is 15.1 Å². The van der Waals surface area contributed by atoms with E-state index in [-0.39, 0.29) is 31.2 Å². The van der Waals surface area contributed by atoms with E-state index in [1.165, 1.54) is 9.96 Å². The Morgan fingerprint density at radius 2 is 2.11 bits per heavy atom. The fraction of sp³-hybridized carbons (Fsp3) is 0.824. The molecule has 0 aromatic carbocycles. The van der Waals surface area contributed by atoms with Gasteiger partial charge in [-0.15, -0.1) is 0 Å². The summed E-state index contributed by atoms with van der Waals surface area (Å²) in [6.07, 6.45) is 4.49. The smallest absolute Gasteiger partial charge is 0.345 e. The number of nitrogens with one attached hydrogen (secondary N) is 2. The van der Waals surface area contributed by atoms with Crippen molar-refractivity contribution >= 4 is 17.9 Å². The van der Waals surface area contributed by atoms with Crippen LogP contribution in [0.5, 0.6) is 0 Å². The van der Waals surface area contributed by atoms with Gasteiger partial charge in [0, 0.05) is 12.6 Å². The molecule has 3 fully saturated rings. The molecule has 0 saturated carbocycles. The molecular formula is C17H28N4O6. The molecule has 0 unspecified atom stereocenters. The summed E-state index contributed by atoms with van der Waals surface area (Å²) in [6, 6.07) is -0.918. The minimum absolute atomic E-state index is 0.164. The number of piperidine rings is 2. The van der Waals surface area contributed by atoms with Crippen LogP contribution in [0, 0.1) is 0 Å². The number of hydrogen-bond acceptors (Lipinski definition) is 7. The number of carbonyl (C=O) groups excluding carboxylic acids is 3. The Morgan fingerprint density at radius 1 is 1.26 bits per heavy atom. The zero-order valence-electron chi connectivity index (χ0n) is 15.6. The zero-order chi connectivity index (χ0) is 19.2. The van der Waals surface area contributed by atoms with Gasteiger partial charge < -0.3 is 15.0 Å². The van der Waals surface area contributed by atoms with E-state index in [4.69, 9.17) is 14.4 Å². The molecule has 3 rings (SSSR count). The fourth-order valence-electron chi connectivity index (χ4n) is 3.74. The Morgan fingerprint density at radius 3 is 2.85 bits per heavy atom. The molecule has 10 heteroatoms. The number of nitrogens with zero attached hydrogens (tertiary/aromatic N) is 2. The molecule has 3 saturated heterocycles. The minimum atomic E-state index is -0.593. The van der Waals surface area contributed by atoms with Gasteiger partial charge in [-0.05, 0) is 39.2 Å². The molecule has 3 heterocycles. The average molecular weight is 384 g/mol. The summed E-state index contributed by atoms with van der Waals surface area (Å²) in [5.41, 5.74) is 2.48. The zero-order valence-corrected chi connectivity index (χ0v) is 15.6. The van der Waals surface area contributed by atoms with Gasteiger partial charge in [-0.1, -0.05) is 6.42 Å². The quantitative estimate of drug-likeness (QED) is 0.446. The Bertz CT molecular complexity index is 554. The molecule has 0 spiro atoms. The standard InChI is InChI=1S/C17H28N4O6/c1-2-25-15(22)11-27-21-13-6-7-14(20(9-13)17(21)24)16(23)19-26-10-12-5-3-4-8-18-12/h12-14,18H,2-11H2,1H3,(H,19,23)/t12-,13-,14-/m1/s1. The lowest BCUT2D eigenvalue weighted by atomic mass is 10.0. The first-order chi connectivity index (χ1) is 13.1. The summed E-state index contributed by atoms with van der Waals surface area (Å²) in [7, 11) is 0. The molecular weight excluding hydrogens is 356 g/mol. The van der Waals surface area contributed by atoms with Crippen molar-refractivity contribution < 1.29 is 28.8 Å². The van der Waals surface area contributed by atoms with Crippen molar-refractivity contribution in [1.29, 1.82) is 0 Å². The molecule has 152 valence electrons. The van der Waals surface area contributed by atoms with E-state index < -0.39 is 18.0 Å². The molecule has 3 aliphatic rings. The van der Waals surface area contributed by atoms with Gasteiger partial charge >= 0.3 is 12.0 Å². The molecule has 0 aromatic heterocycles. The molecule has 2 bridgehead atoms. The van der Waals surface area contributed by atoms with Crippen LogP contribution in [0.1, 0.15) is 39.0 Å². The third-order valence-corrected chi connectivity index (χ3v) is 5.12. The first-order valence-corrected chi connectivity index (χ1v) is 9.63. The second-order valence-electron chi connectivity index (χ2n) is 7.01. The van der Waals surface area contributed by atoms with Crippen LogP contribution in [0.4, 0.5) is 4.79 Å². The number of urea groups is 1. The number of rotatable bonds is 8. The van der Waals surface area contributed by atoms with Crippen molar-refractivity contribution in [1.82, 2.24) is 20.8 Å². The van der Waals surface area contributed by atoms with Crippen LogP contribution in [0.25, 0.3) is 0 Å². The molecule has 0 aliphatic carbocycles. The van der Waals surface area contributed by atoms with Crippen LogP contribution in [-0.4, -0.2) is 78.9 Å². The monoisotopic (exact) mass is 384 g/mol. The number of ether oxygens (including phenoxy) is 1. The highest BCUT2D eigenvalue weighted by Gasteiger charge is 2.48. The maximum absolute atomic E-state index is 12.5. The Hall–Kier alpha value is -1.91. The van der Waals surface area contributed by atoms with Crippen LogP contribution in [-0.2, 0) is 24.0 Å². The van der Waals surface area contributed by atoms with E-state index in [0.717, 1.165) is 25.8 Å². The van der Waals surface area contributed by atoms with Crippen LogP contribution >= 0.6 is 0 Å². The summed E-state index contributed by atoms with van der Waals surface area (Å²) < 4.78 is 4.80. The van der Waals surface area contributed by atoms with Crippen LogP contribution in [0.3, 0.4) is 0 Å². The van der Waals surface area contributed by atoms with Crippen LogP contribution < -0.4 is 10.8 Å². The maximum atomic E-state index is 12.5. The molecule has 3 amide bonds. The van der Waals surface area contributed by atoms with Crippen molar-refractivity contribution in [2.24, 2.45) is 0 Å². The minimum Gasteiger partial charge on any atom is -0.464 e. The lowest BCUT2D eigenvalue weighted by Crippen LogP contribution is -2.50. The van der Waals surface area contributed by atoms with E-state index >= 15 is 0 Å². The average Bonchev–Trinajstić information content (AvgIpc) is 2.91. The number of amides is 3. The molecule has 3 atom stereocenters. The highest BCUT2D eigenvalue weighted by Crippen LogP contribution is 2.30. The van der Waals surface area contributed by atoms with Crippen molar-refractivity contribution in [2.45, 2.75) is 57.2 Å². The van der Waals surface area contributed by atoms with Gasteiger partial charge in [0.05, 0.1) is 19.3 Å². The van der Waals surface area contributed by atoms with E-state index in [1.54, 1.807) is 6.92 Å². The number of fused-ring (bicyclic) bond motifs is 2. The molecule has 10 nitrogen and oxygen atoms in total. The summed E-state index contributed by atoms with van der Waals surface area (Å²) in [6.45, 7) is 3.40. The first-order valence-electron chi connectivity index (χ1n) is 9.63. The van der Waals surface area contributed by atoms with Gasteiger partial charge in [0.15, 0.2) is 6.61 Å². The lowest BCUT2D eigenvalue weighted by Gasteiger charge is -2.29. The molecule has 0 radical (unpaired) electrons. The highest BCUT2D eigenvalue weighted by atomic mass is 16.7. The van der Waals surface area contributed by atoms with Gasteiger partial charge in [-0.3, -0.25) is 14.5 Å². The molecule has 27 heavy (non-hydrogen) atoms. The van der Waals surface area contributed by atoms with Crippen molar-refractivity contribution in [3.05, 3.63) is 0 Å². The van der Waals surface area contributed by atoms with E-state index in [9.17, 15) is 14.4 Å². The summed E-state index contributed by atoms with van der Waals surface area (Å²) in [5.74, 6) is -0.856. The normalized spacial score (nSPS) is 27.6. The Kier molecular flexibility index (Phi) is 6.86. The van der Waals surface area contributed by atoms with Crippen molar-refractivity contribution in [3.8, 4) is 0 Å². The molecule has 0 aromatic rings. The summed E-state index contributed by atoms with van der Waals surface area (Å²) in [5, 5.41) is 4.53. The predicted octanol–water partition coefficient (Wildman–Crippen LogP) is -0.0604. The Balaban J connectivity index is 1.45. The number of hydroxylamine groups is 3. The predicted molar refractivity (Wildman–Crippen MR) is 93.1 cm³/mol. The second-order valence-corrected chi connectivity index (χ2v) is 7.01. The van der Waals surface area contributed by atoms with Crippen LogP contribution in [0.2, 0.25) is 0 Å². The van der Waals surface area contributed by atoms with E-state index in [1.807, 2.05) is 0 Å². The fourth-order valence-corrected chi connectivity index (χ4v) is 3.74. The van der Waals surface area contributed by atoms with Gasteiger partial charge in [0.25, 0.3) is 5.91 Å². The topological polar surface area (TPSA) is 109 Å². The summed E-state index contributed by atoms with van der Waals surface area (Å²) >= 11 is 0. The molecule has 2 N–H and O–H groups in total. The Labute approximate surface area is 158 Å². The first kappa shape index (κ1) is 19.8. The van der Waals surface area contributed by atoms with Gasteiger partial charge in [0.2, 0.25) is 0 Å². The van der Waals surface area contributed by atoms with Crippen molar-refractivity contribution in [2.75, 3.05) is 32.9 Å². The number of hydrogen-bond donors (Lipinski definition) is 2. The van der Waals surface area contributed by atoms with E-state index in [2.05, 4.69) is 10.8 Å².